The smallest absolute Gasteiger partial charge is 0.264 e. The first-order valence-electron chi connectivity index (χ1n) is 7.81. The highest BCUT2D eigenvalue weighted by atomic mass is 32.2. The van der Waals surface area contributed by atoms with Crippen LogP contribution in [-0.2, 0) is 11.2 Å². The molecule has 1 aliphatic heterocycles. The molecule has 0 atom stereocenters. The molecule has 7 nitrogen and oxygen atoms in total. The molecular weight excluding hydrogens is 340 g/mol. The molecule has 0 spiro atoms. The Labute approximate surface area is 147 Å². The third-order valence-corrected chi connectivity index (χ3v) is 5.65. The highest BCUT2D eigenvalue weighted by Gasteiger charge is 2.43. The molecule has 2 aromatic rings. The second-order valence-electron chi connectivity index (χ2n) is 6.28. The normalized spacial score (nSPS) is 16.8. The first kappa shape index (κ1) is 15.7. The summed E-state index contributed by atoms with van der Waals surface area (Å²) in [5.41, 5.74) is 0.244. The Kier molecular flexibility index (Phi) is 3.54. The number of aromatic hydroxyl groups is 1. The lowest BCUT2D eigenvalue weighted by molar-refractivity contribution is -0.115. The minimum absolute atomic E-state index is 0.00628. The maximum atomic E-state index is 12.9. The number of phenols is 1. The summed E-state index contributed by atoms with van der Waals surface area (Å²) >= 11 is 1.34. The average Bonchev–Trinajstić information content (AvgIpc) is 3.29. The number of nitriles is 1. The van der Waals surface area contributed by atoms with Gasteiger partial charge in [-0.25, -0.2) is 4.98 Å². The molecule has 1 fully saturated rings. The van der Waals surface area contributed by atoms with Gasteiger partial charge in [-0.15, -0.1) is 0 Å². The van der Waals surface area contributed by atoms with Crippen molar-refractivity contribution in [2.45, 2.75) is 24.4 Å². The van der Waals surface area contributed by atoms with E-state index in [1.807, 2.05) is 0 Å². The number of rotatable bonds is 4. The summed E-state index contributed by atoms with van der Waals surface area (Å²) in [5.74, 6) is 0.684. The number of carbonyl (C=O) groups is 1. The Morgan fingerprint density at radius 3 is 2.68 bits per heavy atom. The quantitative estimate of drug-likeness (QED) is 0.640. The zero-order valence-corrected chi connectivity index (χ0v) is 14.0. The van der Waals surface area contributed by atoms with Crippen LogP contribution in [0.2, 0.25) is 0 Å². The summed E-state index contributed by atoms with van der Waals surface area (Å²) in [7, 11) is 0. The van der Waals surface area contributed by atoms with Crippen molar-refractivity contribution in [1.82, 2.24) is 9.55 Å². The van der Waals surface area contributed by atoms with Crippen molar-refractivity contribution in [2.24, 2.45) is 5.41 Å². The summed E-state index contributed by atoms with van der Waals surface area (Å²) in [5, 5.41) is 21.8. The topological polar surface area (TPSA) is 108 Å². The Morgan fingerprint density at radius 2 is 2.04 bits per heavy atom. The van der Waals surface area contributed by atoms with Crippen LogP contribution in [0.5, 0.6) is 5.75 Å². The van der Waals surface area contributed by atoms with Crippen molar-refractivity contribution in [3.05, 3.63) is 40.2 Å². The molecule has 0 bridgehead atoms. The summed E-state index contributed by atoms with van der Waals surface area (Å²) in [6.45, 7) is 0. The fraction of sp³-hybridized carbons (Fsp3) is 0.294. The summed E-state index contributed by atoms with van der Waals surface area (Å²) in [4.78, 5) is 29.0. The molecule has 8 heteroatoms. The van der Waals surface area contributed by atoms with Crippen LogP contribution in [0.3, 0.4) is 0 Å². The largest absolute Gasteiger partial charge is 0.508 e. The average molecular weight is 354 g/mol. The zero-order valence-electron chi connectivity index (χ0n) is 13.2. The second kappa shape index (κ2) is 5.63. The molecule has 0 radical (unpaired) electrons. The number of carbonyl (C=O) groups excluding carboxylic acids is 1. The zero-order chi connectivity index (χ0) is 17.6. The van der Waals surface area contributed by atoms with E-state index in [-0.39, 0.29) is 29.1 Å². The number of thioether (sulfide) groups is 1. The van der Waals surface area contributed by atoms with Gasteiger partial charge in [-0.05, 0) is 37.1 Å². The van der Waals surface area contributed by atoms with Crippen LogP contribution in [-0.4, -0.2) is 26.3 Å². The molecule has 1 amide bonds. The standard InChI is InChI=1S/C17H14N4O3S/c18-8-17(5-6-17)9-25-16-20-14-12(7-13(23)19-14)15(24)21(16)10-1-3-11(22)4-2-10/h1-4,22H,5-7,9H2,(H,19,23). The number of benzene rings is 1. The second-order valence-corrected chi connectivity index (χ2v) is 7.23. The van der Waals surface area contributed by atoms with Crippen molar-refractivity contribution in [3.63, 3.8) is 0 Å². The van der Waals surface area contributed by atoms with Gasteiger partial charge < -0.3 is 10.4 Å². The van der Waals surface area contributed by atoms with Crippen molar-refractivity contribution in [3.8, 4) is 17.5 Å². The molecule has 1 aliphatic carbocycles. The van der Waals surface area contributed by atoms with Gasteiger partial charge in [0.25, 0.3) is 5.56 Å². The molecule has 4 rings (SSSR count). The molecule has 0 unspecified atom stereocenters. The highest BCUT2D eigenvalue weighted by molar-refractivity contribution is 7.99. The third kappa shape index (κ3) is 2.76. The summed E-state index contributed by atoms with van der Waals surface area (Å²) in [6, 6.07) is 8.55. The van der Waals surface area contributed by atoms with Gasteiger partial charge in [-0.2, -0.15) is 5.26 Å². The minimum Gasteiger partial charge on any atom is -0.508 e. The Morgan fingerprint density at radius 1 is 1.32 bits per heavy atom. The lowest BCUT2D eigenvalue weighted by Crippen LogP contribution is -2.25. The van der Waals surface area contributed by atoms with E-state index in [2.05, 4.69) is 16.4 Å². The number of amides is 1. The van der Waals surface area contributed by atoms with E-state index in [1.54, 1.807) is 12.1 Å². The lowest BCUT2D eigenvalue weighted by Gasteiger charge is -2.14. The predicted molar refractivity (Wildman–Crippen MR) is 91.8 cm³/mol. The fourth-order valence-electron chi connectivity index (χ4n) is 2.70. The first-order valence-corrected chi connectivity index (χ1v) is 8.79. The van der Waals surface area contributed by atoms with Crippen molar-refractivity contribution in [1.29, 1.82) is 5.26 Å². The number of fused-ring (bicyclic) bond motifs is 1. The van der Waals surface area contributed by atoms with Gasteiger partial charge in [0.1, 0.15) is 11.6 Å². The third-order valence-electron chi connectivity index (χ3n) is 4.42. The first-order chi connectivity index (χ1) is 12.0. The predicted octanol–water partition coefficient (Wildman–Crippen LogP) is 1.83. The molecule has 2 aliphatic rings. The van der Waals surface area contributed by atoms with E-state index in [0.717, 1.165) is 12.8 Å². The van der Waals surface area contributed by atoms with Crippen LogP contribution in [0.25, 0.3) is 5.69 Å². The van der Waals surface area contributed by atoms with Crippen molar-refractivity contribution >= 4 is 23.5 Å². The van der Waals surface area contributed by atoms with Crippen LogP contribution >= 0.6 is 11.8 Å². The number of phenolic OH excluding ortho intramolecular Hbond substituents is 1. The monoisotopic (exact) mass is 354 g/mol. The molecule has 1 aromatic heterocycles. The number of aromatic nitrogens is 2. The molecule has 25 heavy (non-hydrogen) atoms. The SMILES string of the molecule is N#CC1(CSc2nc3c(c(=O)n2-c2ccc(O)cc2)CC(=O)N3)CC1. The van der Waals surface area contributed by atoms with Crippen molar-refractivity contribution < 1.29 is 9.90 Å². The van der Waals surface area contributed by atoms with Gasteiger partial charge in [0.05, 0.1) is 29.2 Å². The van der Waals surface area contributed by atoms with E-state index in [0.29, 0.717) is 28.0 Å². The van der Waals surface area contributed by atoms with E-state index in [1.165, 1.54) is 28.5 Å². The molecule has 1 saturated carbocycles. The maximum absolute atomic E-state index is 12.9. The van der Waals surface area contributed by atoms with Gasteiger partial charge >= 0.3 is 0 Å². The molecule has 2 N–H and O–H groups in total. The Balaban J connectivity index is 1.81. The van der Waals surface area contributed by atoms with Gasteiger partial charge in [-0.3, -0.25) is 14.2 Å². The number of nitrogens with one attached hydrogen (secondary N) is 1. The van der Waals surface area contributed by atoms with Gasteiger partial charge in [0.15, 0.2) is 5.16 Å². The van der Waals surface area contributed by atoms with Crippen molar-refractivity contribution in [2.75, 3.05) is 11.1 Å². The Bertz CT molecular complexity index is 971. The number of hydrogen-bond donors (Lipinski definition) is 2. The molecule has 1 aromatic carbocycles. The Hall–Kier alpha value is -2.79. The van der Waals surface area contributed by atoms with E-state index in [4.69, 9.17) is 0 Å². The van der Waals surface area contributed by atoms with E-state index in [9.17, 15) is 20.0 Å². The van der Waals surface area contributed by atoms with Gasteiger partial charge in [-0.1, -0.05) is 11.8 Å². The van der Waals surface area contributed by atoms with Crippen LogP contribution in [0, 0.1) is 16.7 Å². The van der Waals surface area contributed by atoms with Crippen LogP contribution in [0.1, 0.15) is 18.4 Å². The molecular formula is C17H14N4O3S. The highest BCUT2D eigenvalue weighted by Crippen LogP contribution is 2.48. The lowest BCUT2D eigenvalue weighted by atomic mass is 10.2. The number of hydrogen-bond acceptors (Lipinski definition) is 6. The number of nitrogens with zero attached hydrogens (tertiary/aromatic N) is 3. The molecule has 2 heterocycles. The van der Waals surface area contributed by atoms with Crippen LogP contribution < -0.4 is 10.9 Å². The molecule has 126 valence electrons. The number of anilines is 1. The summed E-state index contributed by atoms with van der Waals surface area (Å²) < 4.78 is 1.44. The van der Waals surface area contributed by atoms with E-state index < -0.39 is 0 Å². The maximum Gasteiger partial charge on any atom is 0.264 e. The van der Waals surface area contributed by atoms with Gasteiger partial charge in [0.2, 0.25) is 5.91 Å². The van der Waals surface area contributed by atoms with E-state index >= 15 is 0 Å². The van der Waals surface area contributed by atoms with Gasteiger partial charge in [0, 0.05) is 5.75 Å². The van der Waals surface area contributed by atoms with Crippen LogP contribution in [0.4, 0.5) is 5.82 Å². The molecule has 0 saturated heterocycles. The summed E-state index contributed by atoms with van der Waals surface area (Å²) in [6.07, 6.45) is 1.70. The minimum atomic E-state index is -0.343. The fourth-order valence-corrected chi connectivity index (χ4v) is 3.94. The van der Waals surface area contributed by atoms with Crippen LogP contribution in [0.15, 0.2) is 34.2 Å².